The quantitative estimate of drug-likeness (QED) is 0.162. The molecule has 1 atom stereocenters. The van der Waals surface area contributed by atoms with E-state index >= 15 is 0 Å². The molecule has 0 saturated heterocycles. The molecule has 34 heavy (non-hydrogen) atoms. The molecule has 1 aromatic heterocycles. The number of nitrogens with zero attached hydrogens (tertiary/aromatic N) is 1. The summed E-state index contributed by atoms with van der Waals surface area (Å²) in [4.78, 5) is 40.3. The molecule has 0 bridgehead atoms. The molecule has 3 aromatic rings. The van der Waals surface area contributed by atoms with Crippen LogP contribution < -0.4 is 9.47 Å². The SMILES string of the molecule is C=CCC(C(=O)C(=O)c1ccccc1OC)n1c(Cl)c(Cl)c(Br)c1C(=O)c1ccccc1OC. The number of Topliss-reactive ketones (excluding diaryl/α,β-unsaturated/α-hetero) is 2. The molecular weight excluding hydrogens is 545 g/mol. The van der Waals surface area contributed by atoms with Gasteiger partial charge in [0.1, 0.15) is 28.4 Å². The van der Waals surface area contributed by atoms with Gasteiger partial charge < -0.3 is 14.0 Å². The number of aromatic nitrogens is 1. The minimum absolute atomic E-state index is 0.00697. The van der Waals surface area contributed by atoms with E-state index in [-0.39, 0.29) is 43.6 Å². The monoisotopic (exact) mass is 563 g/mol. The van der Waals surface area contributed by atoms with Crippen LogP contribution in [0.1, 0.15) is 38.9 Å². The van der Waals surface area contributed by atoms with Gasteiger partial charge in [0.2, 0.25) is 17.3 Å². The fourth-order valence-electron chi connectivity index (χ4n) is 3.57. The fourth-order valence-corrected chi connectivity index (χ4v) is 4.72. The zero-order valence-electron chi connectivity index (χ0n) is 18.3. The smallest absolute Gasteiger partial charge is 0.234 e. The number of hydrogen-bond donors (Lipinski definition) is 0. The molecule has 0 fully saturated rings. The third kappa shape index (κ3) is 4.69. The minimum Gasteiger partial charge on any atom is -0.496 e. The Morgan fingerprint density at radius 1 is 1.00 bits per heavy atom. The molecule has 3 rings (SSSR count). The van der Waals surface area contributed by atoms with Gasteiger partial charge in [0.15, 0.2) is 0 Å². The summed E-state index contributed by atoms with van der Waals surface area (Å²) < 4.78 is 12.0. The van der Waals surface area contributed by atoms with E-state index in [0.717, 1.165) is 0 Å². The number of rotatable bonds is 10. The number of benzene rings is 2. The summed E-state index contributed by atoms with van der Waals surface area (Å²) in [6, 6.07) is 11.8. The second-order valence-electron chi connectivity index (χ2n) is 7.10. The Morgan fingerprint density at radius 3 is 2.09 bits per heavy atom. The molecule has 6 nitrogen and oxygen atoms in total. The second kappa shape index (κ2) is 11.0. The highest BCUT2D eigenvalue weighted by molar-refractivity contribution is 9.10. The summed E-state index contributed by atoms with van der Waals surface area (Å²) >= 11 is 16.2. The summed E-state index contributed by atoms with van der Waals surface area (Å²) in [6.07, 6.45) is 1.48. The van der Waals surface area contributed by atoms with E-state index in [1.807, 2.05) is 0 Å². The van der Waals surface area contributed by atoms with E-state index in [0.29, 0.717) is 5.75 Å². The largest absolute Gasteiger partial charge is 0.496 e. The summed E-state index contributed by atoms with van der Waals surface area (Å²) in [5, 5.41) is -0.0358. The van der Waals surface area contributed by atoms with Crippen molar-refractivity contribution in [1.29, 1.82) is 0 Å². The molecule has 1 unspecified atom stereocenters. The standard InChI is InChI=1S/C25H20BrCl2NO5/c1-4-9-16(24(32)23(31)15-11-6-8-13-18(15)34-3)29-21(19(26)20(27)25(29)28)22(30)14-10-5-7-12-17(14)33-2/h4-8,10-13,16H,1,9H2,2-3H3. The first-order valence-corrected chi connectivity index (χ1v) is 11.6. The highest BCUT2D eigenvalue weighted by atomic mass is 79.9. The average Bonchev–Trinajstić information content (AvgIpc) is 3.09. The van der Waals surface area contributed by atoms with Crippen LogP contribution in [0.5, 0.6) is 11.5 Å². The zero-order valence-corrected chi connectivity index (χ0v) is 21.4. The number of para-hydroxylation sites is 2. The number of carbonyl (C=O) groups excluding carboxylic acids is 3. The van der Waals surface area contributed by atoms with Crippen molar-refractivity contribution in [2.45, 2.75) is 12.5 Å². The molecule has 0 spiro atoms. The van der Waals surface area contributed by atoms with E-state index in [1.54, 1.807) is 42.5 Å². The van der Waals surface area contributed by atoms with Crippen LogP contribution in [0.3, 0.4) is 0 Å². The van der Waals surface area contributed by atoms with Gasteiger partial charge in [-0.3, -0.25) is 14.4 Å². The maximum absolute atomic E-state index is 13.6. The van der Waals surface area contributed by atoms with Gasteiger partial charge in [-0.1, -0.05) is 53.5 Å². The first-order valence-electron chi connectivity index (χ1n) is 10.0. The van der Waals surface area contributed by atoms with Gasteiger partial charge in [0, 0.05) is 0 Å². The molecule has 0 aliphatic rings. The lowest BCUT2D eigenvalue weighted by atomic mass is 9.98. The first kappa shape index (κ1) is 25.7. The first-order chi connectivity index (χ1) is 16.3. The molecule has 0 N–H and O–H groups in total. The molecule has 2 aromatic carbocycles. The van der Waals surface area contributed by atoms with E-state index in [2.05, 4.69) is 22.5 Å². The number of ether oxygens (including phenoxy) is 2. The number of halogens is 3. The van der Waals surface area contributed by atoms with Crippen LogP contribution in [-0.2, 0) is 4.79 Å². The van der Waals surface area contributed by atoms with Crippen molar-refractivity contribution in [3.63, 3.8) is 0 Å². The predicted octanol–water partition coefficient (Wildman–Crippen LogP) is 6.37. The molecule has 0 saturated carbocycles. The average molecular weight is 565 g/mol. The van der Waals surface area contributed by atoms with Crippen molar-refractivity contribution in [3.8, 4) is 11.5 Å². The van der Waals surface area contributed by atoms with Crippen LogP contribution >= 0.6 is 39.1 Å². The molecule has 0 amide bonds. The van der Waals surface area contributed by atoms with Crippen molar-refractivity contribution < 1.29 is 23.9 Å². The highest BCUT2D eigenvalue weighted by Gasteiger charge is 2.36. The summed E-state index contributed by atoms with van der Waals surface area (Å²) in [5.74, 6) is -1.52. The van der Waals surface area contributed by atoms with Gasteiger partial charge in [0.05, 0.1) is 34.8 Å². The van der Waals surface area contributed by atoms with Gasteiger partial charge in [-0.05, 0) is 46.6 Å². The number of ketones is 3. The van der Waals surface area contributed by atoms with Crippen LogP contribution in [0.25, 0.3) is 0 Å². The van der Waals surface area contributed by atoms with E-state index in [1.165, 1.54) is 30.9 Å². The van der Waals surface area contributed by atoms with Gasteiger partial charge in [-0.15, -0.1) is 6.58 Å². The van der Waals surface area contributed by atoms with Crippen molar-refractivity contribution in [2.24, 2.45) is 0 Å². The van der Waals surface area contributed by atoms with Crippen LogP contribution in [0, 0.1) is 0 Å². The van der Waals surface area contributed by atoms with E-state index in [9.17, 15) is 14.4 Å². The fraction of sp³-hybridized carbons (Fsp3) is 0.160. The Morgan fingerprint density at radius 2 is 1.53 bits per heavy atom. The molecule has 1 heterocycles. The number of allylic oxidation sites excluding steroid dienone is 1. The Balaban J connectivity index is 2.18. The Labute approximate surface area is 215 Å². The molecule has 0 aliphatic carbocycles. The van der Waals surface area contributed by atoms with Crippen LogP contribution in [0.15, 0.2) is 65.7 Å². The van der Waals surface area contributed by atoms with Crippen molar-refractivity contribution >= 4 is 56.5 Å². The highest BCUT2D eigenvalue weighted by Crippen LogP contribution is 2.41. The zero-order chi connectivity index (χ0) is 25.0. The summed E-state index contributed by atoms with van der Waals surface area (Å²) in [6.45, 7) is 3.70. The second-order valence-corrected chi connectivity index (χ2v) is 8.63. The molecule has 176 valence electrons. The predicted molar refractivity (Wildman–Crippen MR) is 135 cm³/mol. The Bertz CT molecular complexity index is 1280. The van der Waals surface area contributed by atoms with Gasteiger partial charge in [-0.25, -0.2) is 0 Å². The Hall–Kier alpha value is -2.87. The molecular formula is C25H20BrCl2NO5. The third-order valence-electron chi connectivity index (χ3n) is 5.18. The lowest BCUT2D eigenvalue weighted by Gasteiger charge is -2.20. The van der Waals surface area contributed by atoms with Gasteiger partial charge in [0.25, 0.3) is 0 Å². The third-order valence-corrected chi connectivity index (χ3v) is 7.02. The van der Waals surface area contributed by atoms with Crippen molar-refractivity contribution in [3.05, 3.63) is 92.7 Å². The molecule has 0 radical (unpaired) electrons. The van der Waals surface area contributed by atoms with Crippen LogP contribution in [0.2, 0.25) is 10.2 Å². The maximum atomic E-state index is 13.6. The van der Waals surface area contributed by atoms with E-state index < -0.39 is 23.4 Å². The maximum Gasteiger partial charge on any atom is 0.234 e. The molecule has 9 heteroatoms. The number of carbonyl (C=O) groups is 3. The van der Waals surface area contributed by atoms with Crippen molar-refractivity contribution in [1.82, 2.24) is 4.57 Å². The molecule has 0 aliphatic heterocycles. The number of hydrogen-bond acceptors (Lipinski definition) is 5. The van der Waals surface area contributed by atoms with Crippen molar-refractivity contribution in [2.75, 3.05) is 14.2 Å². The lowest BCUT2D eigenvalue weighted by Crippen LogP contribution is -2.29. The Kier molecular flexibility index (Phi) is 8.36. The topological polar surface area (TPSA) is 74.6 Å². The van der Waals surface area contributed by atoms with E-state index in [4.69, 9.17) is 32.7 Å². The lowest BCUT2D eigenvalue weighted by molar-refractivity contribution is -0.118. The number of methoxy groups -OCH3 is 2. The van der Waals surface area contributed by atoms with Gasteiger partial charge >= 0.3 is 0 Å². The van der Waals surface area contributed by atoms with Gasteiger partial charge in [-0.2, -0.15) is 0 Å². The summed E-state index contributed by atoms with van der Waals surface area (Å²) in [7, 11) is 2.84. The normalized spacial score (nSPS) is 11.6. The minimum atomic E-state index is -1.18. The summed E-state index contributed by atoms with van der Waals surface area (Å²) in [5.41, 5.74) is 0.335. The van der Waals surface area contributed by atoms with Crippen LogP contribution in [-0.4, -0.2) is 36.1 Å². The van der Waals surface area contributed by atoms with Crippen LogP contribution in [0.4, 0.5) is 0 Å².